The van der Waals surface area contributed by atoms with Gasteiger partial charge < -0.3 is 9.84 Å². The Kier molecular flexibility index (Phi) is 3.50. The van der Waals surface area contributed by atoms with E-state index in [-0.39, 0.29) is 19.1 Å². The summed E-state index contributed by atoms with van der Waals surface area (Å²) >= 11 is 0. The number of aliphatic carboxylic acids is 1. The zero-order chi connectivity index (χ0) is 13.1. The van der Waals surface area contributed by atoms with Crippen LogP contribution in [-0.4, -0.2) is 34.7 Å². The van der Waals surface area contributed by atoms with E-state index >= 15 is 0 Å². The van der Waals surface area contributed by atoms with Crippen LogP contribution in [0.25, 0.3) is 0 Å². The summed E-state index contributed by atoms with van der Waals surface area (Å²) in [5.74, 6) is -0.924. The van der Waals surface area contributed by atoms with Crippen molar-refractivity contribution < 1.29 is 19.4 Å². The molecule has 1 fully saturated rings. The van der Waals surface area contributed by atoms with Gasteiger partial charge in [-0.25, -0.2) is 4.79 Å². The lowest BCUT2D eigenvalue weighted by atomic mass is 10.1. The predicted molar refractivity (Wildman–Crippen MR) is 64.1 cm³/mol. The fraction of sp³-hybridized carbons (Fsp3) is 0.385. The number of ether oxygens (including phenoxy) is 1. The fourth-order valence-electron chi connectivity index (χ4n) is 2.06. The van der Waals surface area contributed by atoms with E-state index in [0.717, 1.165) is 11.1 Å². The second-order valence-electron chi connectivity index (χ2n) is 4.45. The van der Waals surface area contributed by atoms with Crippen molar-refractivity contribution in [3.05, 3.63) is 35.4 Å². The Balaban J connectivity index is 2.10. The first kappa shape index (κ1) is 12.4. The van der Waals surface area contributed by atoms with Gasteiger partial charge in [-0.3, -0.25) is 9.69 Å². The smallest absolute Gasteiger partial charge is 0.410 e. The minimum absolute atomic E-state index is 0.0858. The van der Waals surface area contributed by atoms with Gasteiger partial charge in [0.2, 0.25) is 0 Å². The summed E-state index contributed by atoms with van der Waals surface area (Å²) in [7, 11) is 0. The molecule has 0 aromatic heterocycles. The summed E-state index contributed by atoms with van der Waals surface area (Å²) in [6.07, 6.45) is -0.528. The minimum Gasteiger partial charge on any atom is -0.481 e. The summed E-state index contributed by atoms with van der Waals surface area (Å²) in [4.78, 5) is 23.8. The molecule has 0 spiro atoms. The van der Waals surface area contributed by atoms with E-state index in [4.69, 9.17) is 9.84 Å². The summed E-state index contributed by atoms with van der Waals surface area (Å²) in [5.41, 5.74) is 2.08. The molecule has 0 bridgehead atoms. The number of hydrogen-bond donors (Lipinski definition) is 1. The van der Waals surface area contributed by atoms with E-state index in [1.54, 1.807) is 0 Å². The third kappa shape index (κ3) is 2.80. The third-order valence-corrected chi connectivity index (χ3v) is 2.92. The molecule has 18 heavy (non-hydrogen) atoms. The number of rotatable bonds is 4. The first-order chi connectivity index (χ1) is 8.56. The molecule has 1 aromatic rings. The highest BCUT2D eigenvalue weighted by Gasteiger charge is 2.34. The summed E-state index contributed by atoms with van der Waals surface area (Å²) < 4.78 is 4.91. The Labute approximate surface area is 105 Å². The first-order valence-corrected chi connectivity index (χ1v) is 5.77. The molecule has 0 radical (unpaired) electrons. The molecule has 2 rings (SSSR count). The van der Waals surface area contributed by atoms with Crippen molar-refractivity contribution in [2.45, 2.75) is 25.9 Å². The van der Waals surface area contributed by atoms with Crippen LogP contribution >= 0.6 is 0 Å². The van der Waals surface area contributed by atoms with Crippen LogP contribution in [0.3, 0.4) is 0 Å². The zero-order valence-electron chi connectivity index (χ0n) is 10.1. The number of aryl methyl sites for hydroxylation is 1. The van der Waals surface area contributed by atoms with Crippen molar-refractivity contribution >= 4 is 12.1 Å². The number of nitrogens with zero attached hydrogens (tertiary/aromatic N) is 1. The number of carboxylic acids is 1. The maximum Gasteiger partial charge on any atom is 0.410 e. The van der Waals surface area contributed by atoms with E-state index in [0.29, 0.717) is 6.54 Å². The molecule has 1 amide bonds. The van der Waals surface area contributed by atoms with E-state index in [9.17, 15) is 9.59 Å². The Hall–Kier alpha value is -2.04. The minimum atomic E-state index is -0.924. The van der Waals surface area contributed by atoms with Crippen LogP contribution < -0.4 is 0 Å². The molecule has 1 aliphatic heterocycles. The maximum atomic E-state index is 11.6. The maximum absolute atomic E-state index is 11.6. The van der Waals surface area contributed by atoms with Crippen LogP contribution in [-0.2, 0) is 16.1 Å². The molecular weight excluding hydrogens is 234 g/mol. The quantitative estimate of drug-likeness (QED) is 0.883. The average molecular weight is 249 g/mol. The second-order valence-corrected chi connectivity index (χ2v) is 4.45. The number of carbonyl (C=O) groups excluding carboxylic acids is 1. The fourth-order valence-corrected chi connectivity index (χ4v) is 2.06. The molecule has 1 aliphatic rings. The van der Waals surface area contributed by atoms with Gasteiger partial charge in [0.1, 0.15) is 6.61 Å². The van der Waals surface area contributed by atoms with E-state index in [2.05, 4.69) is 0 Å². The number of cyclic esters (lactones) is 1. The highest BCUT2D eigenvalue weighted by molar-refractivity contribution is 5.73. The molecule has 1 unspecified atom stereocenters. The van der Waals surface area contributed by atoms with Crippen LogP contribution in [0.4, 0.5) is 4.79 Å². The predicted octanol–water partition coefficient (Wildman–Crippen LogP) is 1.79. The number of carbonyl (C=O) groups is 2. The average Bonchev–Trinajstić information content (AvgIpc) is 2.61. The molecule has 5 heteroatoms. The third-order valence-electron chi connectivity index (χ3n) is 2.92. The van der Waals surface area contributed by atoms with Gasteiger partial charge in [-0.2, -0.15) is 0 Å². The van der Waals surface area contributed by atoms with Crippen LogP contribution in [0.1, 0.15) is 17.5 Å². The van der Waals surface area contributed by atoms with Crippen molar-refractivity contribution in [1.82, 2.24) is 4.90 Å². The van der Waals surface area contributed by atoms with Crippen molar-refractivity contribution in [1.29, 1.82) is 0 Å². The lowest BCUT2D eigenvalue weighted by Gasteiger charge is -2.20. The van der Waals surface area contributed by atoms with Crippen LogP contribution in [0.5, 0.6) is 0 Å². The number of carboxylic acid groups (broad SMARTS) is 1. The van der Waals surface area contributed by atoms with E-state index in [1.165, 1.54) is 4.90 Å². The molecule has 1 atom stereocenters. The molecule has 1 saturated heterocycles. The van der Waals surface area contributed by atoms with Crippen molar-refractivity contribution in [3.8, 4) is 0 Å². The van der Waals surface area contributed by atoms with Gasteiger partial charge >= 0.3 is 12.1 Å². The molecule has 1 aromatic carbocycles. The Morgan fingerprint density at radius 3 is 3.00 bits per heavy atom. The van der Waals surface area contributed by atoms with Gasteiger partial charge in [-0.15, -0.1) is 0 Å². The molecule has 5 nitrogen and oxygen atoms in total. The van der Waals surface area contributed by atoms with Gasteiger partial charge in [0.05, 0.1) is 12.5 Å². The summed E-state index contributed by atoms with van der Waals surface area (Å²) in [6, 6.07) is 7.40. The van der Waals surface area contributed by atoms with Gasteiger partial charge in [0.15, 0.2) is 0 Å². The highest BCUT2D eigenvalue weighted by Crippen LogP contribution is 2.19. The topological polar surface area (TPSA) is 66.8 Å². The Morgan fingerprint density at radius 2 is 2.33 bits per heavy atom. The SMILES string of the molecule is Cc1cccc(CN2C(=O)OCC2CC(=O)O)c1. The lowest BCUT2D eigenvalue weighted by molar-refractivity contribution is -0.138. The second kappa shape index (κ2) is 5.08. The monoisotopic (exact) mass is 249 g/mol. The molecular formula is C13H15NO4. The van der Waals surface area contributed by atoms with Gasteiger partial charge in [-0.05, 0) is 12.5 Å². The van der Waals surface area contributed by atoms with Crippen molar-refractivity contribution in [2.75, 3.05) is 6.61 Å². The van der Waals surface area contributed by atoms with E-state index in [1.807, 2.05) is 31.2 Å². The number of benzene rings is 1. The Bertz CT molecular complexity index is 472. The zero-order valence-corrected chi connectivity index (χ0v) is 10.1. The first-order valence-electron chi connectivity index (χ1n) is 5.77. The standard InChI is InChI=1S/C13H15NO4/c1-9-3-2-4-10(5-9)7-14-11(6-12(15)16)8-18-13(14)17/h2-5,11H,6-8H2,1H3,(H,15,16). The Morgan fingerprint density at radius 1 is 1.56 bits per heavy atom. The van der Waals surface area contributed by atoms with Crippen molar-refractivity contribution in [2.24, 2.45) is 0 Å². The van der Waals surface area contributed by atoms with Crippen LogP contribution in [0.15, 0.2) is 24.3 Å². The largest absolute Gasteiger partial charge is 0.481 e. The van der Waals surface area contributed by atoms with Crippen LogP contribution in [0, 0.1) is 6.92 Å². The number of amides is 1. The van der Waals surface area contributed by atoms with Gasteiger partial charge in [0.25, 0.3) is 0 Å². The molecule has 1 N–H and O–H groups in total. The summed E-state index contributed by atoms with van der Waals surface area (Å²) in [5, 5.41) is 8.79. The van der Waals surface area contributed by atoms with Crippen LogP contribution in [0.2, 0.25) is 0 Å². The molecule has 0 saturated carbocycles. The highest BCUT2D eigenvalue weighted by atomic mass is 16.6. The van der Waals surface area contributed by atoms with Crippen molar-refractivity contribution in [3.63, 3.8) is 0 Å². The molecule has 0 aliphatic carbocycles. The molecule has 96 valence electrons. The normalized spacial score (nSPS) is 18.8. The van der Waals surface area contributed by atoms with E-state index < -0.39 is 12.1 Å². The summed E-state index contributed by atoms with van der Waals surface area (Å²) in [6.45, 7) is 2.51. The number of hydrogen-bond acceptors (Lipinski definition) is 3. The van der Waals surface area contributed by atoms with Gasteiger partial charge in [0, 0.05) is 6.54 Å². The van der Waals surface area contributed by atoms with Gasteiger partial charge in [-0.1, -0.05) is 29.8 Å². The lowest BCUT2D eigenvalue weighted by Crippen LogP contribution is -2.34. The molecule has 1 heterocycles.